The lowest BCUT2D eigenvalue weighted by Crippen LogP contribution is -2.43. The number of nitrogens with one attached hydrogen (secondary N) is 1. The summed E-state index contributed by atoms with van der Waals surface area (Å²) in [5.74, 6) is 0.545. The molecule has 1 spiro atoms. The Balaban J connectivity index is 1.66. The van der Waals surface area contributed by atoms with E-state index >= 15 is 0 Å². The zero-order valence-electron chi connectivity index (χ0n) is 16.2. The van der Waals surface area contributed by atoms with Crippen LogP contribution in [0.25, 0.3) is 0 Å². The van der Waals surface area contributed by atoms with Crippen LogP contribution in [0.3, 0.4) is 0 Å². The Morgan fingerprint density at radius 2 is 2.00 bits per heavy atom. The highest BCUT2D eigenvalue weighted by Crippen LogP contribution is 2.39. The van der Waals surface area contributed by atoms with E-state index in [0.29, 0.717) is 16.5 Å². The lowest BCUT2D eigenvalue weighted by atomic mass is 9.78. The van der Waals surface area contributed by atoms with Gasteiger partial charge in [0.05, 0.1) is 22.4 Å². The minimum atomic E-state index is -0.377. The average Bonchev–Trinajstić information content (AvgIpc) is 3.15. The first kappa shape index (κ1) is 20.2. The summed E-state index contributed by atoms with van der Waals surface area (Å²) >= 11 is 12.3. The van der Waals surface area contributed by atoms with Gasteiger partial charge in [0, 0.05) is 32.3 Å². The molecule has 0 aliphatic carbocycles. The molecule has 2 aliphatic rings. The molecule has 2 aromatic rings. The van der Waals surface area contributed by atoms with E-state index in [9.17, 15) is 4.79 Å². The lowest BCUT2D eigenvalue weighted by Gasteiger charge is -2.39. The van der Waals surface area contributed by atoms with Gasteiger partial charge < -0.3 is 15.4 Å². The molecule has 2 saturated heterocycles. The summed E-state index contributed by atoms with van der Waals surface area (Å²) < 4.78 is 7.05. The largest absolute Gasteiger partial charge is 0.383 e. The summed E-state index contributed by atoms with van der Waals surface area (Å²) in [7, 11) is 1.66. The van der Waals surface area contributed by atoms with Crippen LogP contribution >= 0.6 is 23.2 Å². The van der Waals surface area contributed by atoms with Gasteiger partial charge in [-0.2, -0.15) is 4.98 Å². The van der Waals surface area contributed by atoms with Gasteiger partial charge in [0.25, 0.3) is 5.56 Å². The number of benzene rings is 1. The van der Waals surface area contributed by atoms with Gasteiger partial charge in [-0.05, 0) is 30.7 Å². The molecule has 9 heteroatoms. The van der Waals surface area contributed by atoms with Gasteiger partial charge in [-0.25, -0.2) is 0 Å². The Kier molecular flexibility index (Phi) is 5.31. The molecule has 3 heterocycles. The van der Waals surface area contributed by atoms with E-state index in [1.165, 1.54) is 4.57 Å². The number of anilines is 2. The first-order valence-electron chi connectivity index (χ1n) is 9.55. The molecule has 154 valence electrons. The van der Waals surface area contributed by atoms with Crippen molar-refractivity contribution >= 4 is 40.7 Å². The molecule has 0 unspecified atom stereocenters. The summed E-state index contributed by atoms with van der Waals surface area (Å²) in [6.07, 6.45) is 3.09. The molecule has 29 heavy (non-hydrogen) atoms. The fraction of sp³-hybridized carbons (Fsp3) is 0.450. The molecule has 2 fully saturated rings. The highest BCUT2D eigenvalue weighted by Gasteiger charge is 2.39. The van der Waals surface area contributed by atoms with Crippen LogP contribution in [-0.4, -0.2) is 41.6 Å². The SMILES string of the molecule is Cn1c(N2CCC3(CCOC3)CC2)nc(N)c(C(=N)c2cccc(Cl)c2Cl)c1=O. The van der Waals surface area contributed by atoms with Crippen LogP contribution in [0.15, 0.2) is 23.0 Å². The molecule has 4 rings (SSSR count). The molecule has 7 nitrogen and oxygen atoms in total. The molecular weight excluding hydrogens is 413 g/mol. The van der Waals surface area contributed by atoms with Gasteiger partial charge in [-0.1, -0.05) is 35.3 Å². The molecule has 0 radical (unpaired) electrons. The van der Waals surface area contributed by atoms with Crippen LogP contribution in [0.4, 0.5) is 11.8 Å². The summed E-state index contributed by atoms with van der Waals surface area (Å²) in [4.78, 5) is 19.7. The van der Waals surface area contributed by atoms with Crippen molar-refractivity contribution in [3.05, 3.63) is 49.7 Å². The van der Waals surface area contributed by atoms with Crippen LogP contribution < -0.4 is 16.2 Å². The molecule has 0 bridgehead atoms. The van der Waals surface area contributed by atoms with E-state index in [-0.39, 0.29) is 33.1 Å². The monoisotopic (exact) mass is 435 g/mol. The van der Waals surface area contributed by atoms with E-state index in [1.54, 1.807) is 25.2 Å². The van der Waals surface area contributed by atoms with E-state index in [0.717, 1.165) is 45.6 Å². The van der Waals surface area contributed by atoms with Crippen LogP contribution in [0, 0.1) is 10.8 Å². The number of nitrogens with zero attached hydrogens (tertiary/aromatic N) is 3. The number of ether oxygens (including phenoxy) is 1. The van der Waals surface area contributed by atoms with E-state index in [1.807, 2.05) is 0 Å². The Hall–Kier alpha value is -2.09. The normalized spacial score (nSPS) is 18.4. The predicted molar refractivity (Wildman–Crippen MR) is 116 cm³/mol. The summed E-state index contributed by atoms with van der Waals surface area (Å²) in [5, 5.41) is 9.03. The summed E-state index contributed by atoms with van der Waals surface area (Å²) in [6.45, 7) is 3.22. The Labute approximate surface area is 178 Å². The molecule has 3 N–H and O–H groups in total. The minimum absolute atomic E-state index is 0.0219. The van der Waals surface area contributed by atoms with Crippen molar-refractivity contribution < 1.29 is 4.74 Å². The Morgan fingerprint density at radius 1 is 1.28 bits per heavy atom. The second-order valence-corrected chi connectivity index (χ2v) is 8.59. The summed E-state index contributed by atoms with van der Waals surface area (Å²) in [5.41, 5.74) is 6.32. The molecule has 2 aliphatic heterocycles. The molecular formula is C20H23Cl2N5O2. The van der Waals surface area contributed by atoms with Crippen molar-refractivity contribution in [2.45, 2.75) is 19.3 Å². The van der Waals surface area contributed by atoms with Crippen LogP contribution in [-0.2, 0) is 11.8 Å². The van der Waals surface area contributed by atoms with E-state index < -0.39 is 0 Å². The maximum absolute atomic E-state index is 13.1. The van der Waals surface area contributed by atoms with E-state index in [4.69, 9.17) is 39.1 Å². The van der Waals surface area contributed by atoms with Gasteiger partial charge in [0.15, 0.2) is 0 Å². The van der Waals surface area contributed by atoms with Crippen molar-refractivity contribution in [3.63, 3.8) is 0 Å². The van der Waals surface area contributed by atoms with Gasteiger partial charge in [-0.15, -0.1) is 0 Å². The number of halogens is 2. The topological polar surface area (TPSA) is 97.2 Å². The van der Waals surface area contributed by atoms with Gasteiger partial charge in [0.1, 0.15) is 11.4 Å². The Morgan fingerprint density at radius 3 is 2.66 bits per heavy atom. The highest BCUT2D eigenvalue weighted by molar-refractivity contribution is 6.44. The van der Waals surface area contributed by atoms with Crippen LogP contribution in [0.2, 0.25) is 10.0 Å². The molecule has 0 amide bonds. The fourth-order valence-corrected chi connectivity index (χ4v) is 4.58. The highest BCUT2D eigenvalue weighted by atomic mass is 35.5. The maximum atomic E-state index is 13.1. The zero-order valence-corrected chi connectivity index (χ0v) is 17.7. The van der Waals surface area contributed by atoms with Gasteiger partial charge in [-0.3, -0.25) is 14.8 Å². The van der Waals surface area contributed by atoms with Crippen molar-refractivity contribution in [1.82, 2.24) is 9.55 Å². The van der Waals surface area contributed by atoms with E-state index in [2.05, 4.69) is 9.88 Å². The summed E-state index contributed by atoms with van der Waals surface area (Å²) in [6, 6.07) is 4.94. The number of hydrogen-bond acceptors (Lipinski definition) is 6. The zero-order chi connectivity index (χ0) is 20.8. The number of nitrogens with two attached hydrogens (primary N) is 1. The van der Waals surface area contributed by atoms with Crippen molar-refractivity contribution in [2.24, 2.45) is 12.5 Å². The smallest absolute Gasteiger partial charge is 0.266 e. The van der Waals surface area contributed by atoms with Crippen LogP contribution in [0.5, 0.6) is 0 Å². The predicted octanol–water partition coefficient (Wildman–Crippen LogP) is 3.09. The average molecular weight is 436 g/mol. The minimum Gasteiger partial charge on any atom is -0.383 e. The first-order valence-corrected chi connectivity index (χ1v) is 10.3. The lowest BCUT2D eigenvalue weighted by molar-refractivity contribution is 0.133. The third-order valence-corrected chi connectivity index (χ3v) is 6.88. The van der Waals surface area contributed by atoms with Crippen LogP contribution in [0.1, 0.15) is 30.4 Å². The number of aromatic nitrogens is 2. The maximum Gasteiger partial charge on any atom is 0.266 e. The van der Waals surface area contributed by atoms with Crippen molar-refractivity contribution in [3.8, 4) is 0 Å². The quantitative estimate of drug-likeness (QED) is 0.721. The number of nitrogen functional groups attached to an aromatic ring is 1. The van der Waals surface area contributed by atoms with Gasteiger partial charge >= 0.3 is 0 Å². The standard InChI is InChI=1S/C20H23Cl2N5O2/c1-26-18(28)14(16(23)12-3-2-4-13(21)15(12)22)17(24)25-19(26)27-8-5-20(6-9-27)7-10-29-11-20/h2-4,23H,5-11,24H2,1H3. The second-order valence-electron chi connectivity index (χ2n) is 7.80. The number of rotatable bonds is 3. The molecule has 0 atom stereocenters. The molecule has 1 aromatic heterocycles. The third kappa shape index (κ3) is 3.52. The molecule has 0 saturated carbocycles. The van der Waals surface area contributed by atoms with Crippen molar-refractivity contribution in [1.29, 1.82) is 5.41 Å². The molecule has 1 aromatic carbocycles. The second kappa shape index (κ2) is 7.63. The first-order chi connectivity index (χ1) is 13.8. The number of piperidine rings is 1. The van der Waals surface area contributed by atoms with Gasteiger partial charge in [0.2, 0.25) is 5.95 Å². The fourth-order valence-electron chi connectivity index (χ4n) is 4.18. The third-order valence-electron chi connectivity index (χ3n) is 6.06. The van der Waals surface area contributed by atoms with Crippen molar-refractivity contribution in [2.75, 3.05) is 36.9 Å². The number of hydrogen-bond donors (Lipinski definition) is 2. The Bertz CT molecular complexity index is 1020.